The van der Waals surface area contributed by atoms with E-state index in [1.165, 1.54) is 32.4 Å². The number of nitrogens with zero attached hydrogens (tertiary/aromatic N) is 1. The van der Waals surface area contributed by atoms with Crippen molar-refractivity contribution >= 4 is 11.8 Å². The van der Waals surface area contributed by atoms with Crippen LogP contribution in [-0.4, -0.2) is 55.5 Å². The maximum absolute atomic E-state index is 12.9. The van der Waals surface area contributed by atoms with E-state index >= 15 is 0 Å². The molecule has 6 nitrogen and oxygen atoms in total. The van der Waals surface area contributed by atoms with Gasteiger partial charge in [0.1, 0.15) is 11.5 Å². The molecule has 0 aliphatic carbocycles. The number of carbonyl (C=O) groups is 2. The van der Waals surface area contributed by atoms with E-state index < -0.39 is 0 Å². The van der Waals surface area contributed by atoms with Gasteiger partial charge in [-0.05, 0) is 52.5 Å². The minimum absolute atomic E-state index is 0.0209. The van der Waals surface area contributed by atoms with Crippen molar-refractivity contribution in [3.63, 3.8) is 0 Å². The molecule has 152 valence electrons. The van der Waals surface area contributed by atoms with Crippen molar-refractivity contribution in [1.82, 2.24) is 10.2 Å². The van der Waals surface area contributed by atoms with Crippen LogP contribution in [0.1, 0.15) is 67.8 Å². The minimum Gasteiger partial charge on any atom is -0.466 e. The van der Waals surface area contributed by atoms with E-state index in [4.69, 9.17) is 4.42 Å². The van der Waals surface area contributed by atoms with Gasteiger partial charge in [-0.3, -0.25) is 9.59 Å². The third kappa shape index (κ3) is 6.38. The van der Waals surface area contributed by atoms with Crippen molar-refractivity contribution in [2.75, 3.05) is 32.7 Å². The summed E-state index contributed by atoms with van der Waals surface area (Å²) in [6.07, 6.45) is 5.11. The molecule has 1 aliphatic heterocycles. The van der Waals surface area contributed by atoms with Crippen LogP contribution < -0.4 is 10.2 Å². The van der Waals surface area contributed by atoms with Crippen LogP contribution in [0.3, 0.4) is 0 Å². The van der Waals surface area contributed by atoms with E-state index in [0.717, 1.165) is 18.7 Å². The Morgan fingerprint density at radius 2 is 1.96 bits per heavy atom. The summed E-state index contributed by atoms with van der Waals surface area (Å²) in [6.45, 7) is 12.3. The van der Waals surface area contributed by atoms with Gasteiger partial charge in [-0.25, -0.2) is 0 Å². The molecule has 0 spiro atoms. The van der Waals surface area contributed by atoms with Gasteiger partial charge in [0.2, 0.25) is 5.91 Å². The van der Waals surface area contributed by atoms with Crippen molar-refractivity contribution in [3.8, 4) is 0 Å². The van der Waals surface area contributed by atoms with Crippen molar-refractivity contribution in [1.29, 1.82) is 0 Å². The van der Waals surface area contributed by atoms with E-state index in [9.17, 15) is 9.59 Å². The molecule has 0 aromatic carbocycles. The zero-order valence-electron chi connectivity index (χ0n) is 17.4. The predicted octanol–water partition coefficient (Wildman–Crippen LogP) is 1.71. The van der Waals surface area contributed by atoms with Gasteiger partial charge in [0.25, 0.3) is 5.91 Å². The molecular formula is C21H36N3O3+. The highest BCUT2D eigenvalue weighted by Gasteiger charge is 2.24. The van der Waals surface area contributed by atoms with E-state index in [0.29, 0.717) is 30.8 Å². The molecule has 2 N–H and O–H groups in total. The number of quaternary nitrogens is 1. The highest BCUT2D eigenvalue weighted by Crippen LogP contribution is 2.18. The second kappa shape index (κ2) is 10.5. The number of amides is 2. The SMILES string of the molecule is CC[C@H](C)N(CCC(=O)NCC[NH+]1CCCCC1)C(=O)c1cc(C)oc1C. The second-order valence-corrected chi connectivity index (χ2v) is 7.74. The van der Waals surface area contributed by atoms with Crippen LogP contribution in [-0.2, 0) is 4.79 Å². The number of aryl methyl sites for hydroxylation is 2. The van der Waals surface area contributed by atoms with E-state index in [-0.39, 0.29) is 17.9 Å². The average molecular weight is 379 g/mol. The average Bonchev–Trinajstić information content (AvgIpc) is 3.00. The summed E-state index contributed by atoms with van der Waals surface area (Å²) in [5, 5.41) is 3.02. The minimum atomic E-state index is -0.0516. The lowest BCUT2D eigenvalue weighted by molar-refractivity contribution is -0.903. The first-order chi connectivity index (χ1) is 12.9. The molecule has 1 aromatic heterocycles. The number of furan rings is 1. The third-order valence-electron chi connectivity index (χ3n) is 5.60. The maximum atomic E-state index is 12.9. The zero-order valence-corrected chi connectivity index (χ0v) is 17.4. The Balaban J connectivity index is 1.83. The van der Waals surface area contributed by atoms with Crippen molar-refractivity contribution in [3.05, 3.63) is 23.2 Å². The fourth-order valence-corrected chi connectivity index (χ4v) is 3.73. The Kier molecular flexibility index (Phi) is 8.35. The summed E-state index contributed by atoms with van der Waals surface area (Å²) in [4.78, 5) is 28.6. The standard InChI is InChI=1S/C21H35N3O3/c1-5-16(2)24(21(26)19-15-17(3)27-18(19)4)13-9-20(25)22-10-14-23-11-7-6-8-12-23/h15-16H,5-14H2,1-4H3,(H,22,25)/p+1/t16-/m0/s1. The number of hydrogen-bond acceptors (Lipinski definition) is 3. The molecule has 0 radical (unpaired) electrons. The van der Waals surface area contributed by atoms with Crippen LogP contribution in [0.15, 0.2) is 10.5 Å². The highest BCUT2D eigenvalue weighted by atomic mass is 16.3. The molecule has 2 rings (SSSR count). The number of likely N-dealkylation sites (tertiary alicyclic amines) is 1. The van der Waals surface area contributed by atoms with Gasteiger partial charge in [0.05, 0.1) is 31.7 Å². The maximum Gasteiger partial charge on any atom is 0.257 e. The van der Waals surface area contributed by atoms with Crippen LogP contribution in [0.5, 0.6) is 0 Å². The van der Waals surface area contributed by atoms with Gasteiger partial charge in [0.15, 0.2) is 0 Å². The van der Waals surface area contributed by atoms with Gasteiger partial charge in [-0.2, -0.15) is 0 Å². The Morgan fingerprint density at radius 3 is 2.56 bits per heavy atom. The first-order valence-electron chi connectivity index (χ1n) is 10.4. The van der Waals surface area contributed by atoms with Gasteiger partial charge >= 0.3 is 0 Å². The van der Waals surface area contributed by atoms with Crippen molar-refractivity contribution in [2.45, 2.75) is 65.8 Å². The van der Waals surface area contributed by atoms with Crippen LogP contribution in [0.25, 0.3) is 0 Å². The van der Waals surface area contributed by atoms with Gasteiger partial charge in [-0.1, -0.05) is 6.92 Å². The lowest BCUT2D eigenvalue weighted by Crippen LogP contribution is -3.13. The lowest BCUT2D eigenvalue weighted by atomic mass is 10.1. The largest absolute Gasteiger partial charge is 0.466 e. The summed E-state index contributed by atoms with van der Waals surface area (Å²) < 4.78 is 5.51. The third-order valence-corrected chi connectivity index (χ3v) is 5.60. The number of hydrogen-bond donors (Lipinski definition) is 2. The molecule has 27 heavy (non-hydrogen) atoms. The highest BCUT2D eigenvalue weighted by molar-refractivity contribution is 5.95. The molecule has 0 bridgehead atoms. The molecule has 6 heteroatoms. The van der Waals surface area contributed by atoms with E-state index in [1.54, 1.807) is 15.9 Å². The molecule has 0 saturated carbocycles. The lowest BCUT2D eigenvalue weighted by Gasteiger charge is -2.28. The molecule has 1 aromatic rings. The predicted molar refractivity (Wildman–Crippen MR) is 106 cm³/mol. The first-order valence-corrected chi connectivity index (χ1v) is 10.4. The van der Waals surface area contributed by atoms with Crippen LogP contribution in [0.4, 0.5) is 0 Å². The Hall–Kier alpha value is -1.82. The molecule has 1 saturated heterocycles. The molecule has 2 heterocycles. The fourth-order valence-electron chi connectivity index (χ4n) is 3.73. The summed E-state index contributed by atoms with van der Waals surface area (Å²) in [6, 6.07) is 1.87. The van der Waals surface area contributed by atoms with Crippen LogP contribution >= 0.6 is 0 Å². The monoisotopic (exact) mass is 378 g/mol. The number of rotatable bonds is 9. The molecule has 1 aliphatic rings. The molecule has 2 amide bonds. The smallest absolute Gasteiger partial charge is 0.257 e. The summed E-state index contributed by atoms with van der Waals surface area (Å²) in [5.74, 6) is 1.34. The number of nitrogens with one attached hydrogen (secondary N) is 2. The van der Waals surface area contributed by atoms with Crippen LogP contribution in [0.2, 0.25) is 0 Å². The Morgan fingerprint density at radius 1 is 1.26 bits per heavy atom. The van der Waals surface area contributed by atoms with E-state index in [2.05, 4.69) is 12.2 Å². The normalized spacial score (nSPS) is 16.1. The molecule has 0 unspecified atom stereocenters. The first kappa shape index (κ1) is 21.5. The summed E-state index contributed by atoms with van der Waals surface area (Å²) in [5.41, 5.74) is 0.599. The topological polar surface area (TPSA) is 67.0 Å². The molecule has 1 fully saturated rings. The van der Waals surface area contributed by atoms with Gasteiger partial charge < -0.3 is 19.5 Å². The van der Waals surface area contributed by atoms with Crippen molar-refractivity contribution in [2.24, 2.45) is 0 Å². The summed E-state index contributed by atoms with van der Waals surface area (Å²) in [7, 11) is 0. The zero-order chi connectivity index (χ0) is 19.8. The second-order valence-electron chi connectivity index (χ2n) is 7.74. The van der Waals surface area contributed by atoms with Gasteiger partial charge in [0, 0.05) is 19.0 Å². The van der Waals surface area contributed by atoms with E-state index in [1.807, 2.05) is 20.8 Å². The van der Waals surface area contributed by atoms with Gasteiger partial charge in [-0.15, -0.1) is 0 Å². The Bertz CT molecular complexity index is 620. The number of piperidine rings is 1. The quantitative estimate of drug-likeness (QED) is 0.687. The fraction of sp³-hybridized carbons (Fsp3) is 0.714. The number of carbonyl (C=O) groups excluding carboxylic acids is 2. The Labute approximate surface area is 163 Å². The molecular weight excluding hydrogens is 342 g/mol. The van der Waals surface area contributed by atoms with Crippen molar-refractivity contribution < 1.29 is 18.9 Å². The summed E-state index contributed by atoms with van der Waals surface area (Å²) >= 11 is 0. The van der Waals surface area contributed by atoms with Crippen LogP contribution in [0, 0.1) is 13.8 Å². The molecule has 1 atom stereocenters.